The predicted octanol–water partition coefficient (Wildman–Crippen LogP) is 0.0115. The number of carbonyl (C=O) groups is 1. The summed E-state index contributed by atoms with van der Waals surface area (Å²) in [6, 6.07) is 0.138. The Morgan fingerprint density at radius 3 is 3.00 bits per heavy atom. The molecule has 0 aromatic heterocycles. The van der Waals surface area contributed by atoms with Crippen LogP contribution in [0.3, 0.4) is 0 Å². The molecule has 1 saturated heterocycles. The number of rotatable bonds is 4. The summed E-state index contributed by atoms with van der Waals surface area (Å²) in [7, 11) is 1.79. The van der Waals surface area contributed by atoms with Gasteiger partial charge in [0.2, 0.25) is 0 Å². The van der Waals surface area contributed by atoms with E-state index in [0.717, 1.165) is 13.0 Å². The molecule has 15 heavy (non-hydrogen) atoms. The lowest BCUT2D eigenvalue weighted by molar-refractivity contribution is 0.180. The van der Waals surface area contributed by atoms with Crippen LogP contribution in [0.5, 0.6) is 0 Å². The van der Waals surface area contributed by atoms with Crippen LogP contribution in [0.25, 0.3) is 0 Å². The van der Waals surface area contributed by atoms with Gasteiger partial charge in [0.1, 0.15) is 0 Å². The van der Waals surface area contributed by atoms with Crippen molar-refractivity contribution in [2.24, 2.45) is 11.7 Å². The van der Waals surface area contributed by atoms with E-state index in [4.69, 9.17) is 10.5 Å². The Hall–Kier alpha value is -0.810. The molecule has 3 N–H and O–H groups in total. The van der Waals surface area contributed by atoms with E-state index in [-0.39, 0.29) is 12.1 Å². The first-order valence-electron chi connectivity index (χ1n) is 5.43. The minimum Gasteiger partial charge on any atom is -0.379 e. The fraction of sp³-hybridized carbons (Fsp3) is 0.900. The van der Waals surface area contributed by atoms with Crippen molar-refractivity contribution < 1.29 is 9.53 Å². The topological polar surface area (TPSA) is 67.6 Å². The third-order valence-corrected chi connectivity index (χ3v) is 2.59. The summed E-state index contributed by atoms with van der Waals surface area (Å²) < 4.78 is 5.19. The molecule has 5 nitrogen and oxygen atoms in total. The van der Waals surface area contributed by atoms with Crippen LogP contribution in [0, 0.1) is 5.92 Å². The van der Waals surface area contributed by atoms with Crippen LogP contribution in [0.15, 0.2) is 0 Å². The van der Waals surface area contributed by atoms with E-state index in [2.05, 4.69) is 5.32 Å². The van der Waals surface area contributed by atoms with Crippen molar-refractivity contribution in [3.8, 4) is 0 Å². The molecule has 1 heterocycles. The summed E-state index contributed by atoms with van der Waals surface area (Å²) in [5.41, 5.74) is 5.51. The predicted molar refractivity (Wildman–Crippen MR) is 58.6 cm³/mol. The number of hydrogen-bond donors (Lipinski definition) is 2. The molecule has 0 aromatic carbocycles. The Bertz CT molecular complexity index is 205. The van der Waals surface area contributed by atoms with Gasteiger partial charge in [-0.05, 0) is 18.9 Å². The van der Waals surface area contributed by atoms with Crippen LogP contribution in [0.1, 0.15) is 13.3 Å². The normalized spacial score (nSPS) is 22.5. The first kappa shape index (κ1) is 12.3. The maximum absolute atomic E-state index is 11.7. The lowest BCUT2D eigenvalue weighted by Crippen LogP contribution is -2.45. The summed E-state index contributed by atoms with van der Waals surface area (Å²) in [5.74, 6) is 0.334. The van der Waals surface area contributed by atoms with E-state index < -0.39 is 0 Å². The van der Waals surface area contributed by atoms with Gasteiger partial charge < -0.3 is 20.7 Å². The molecule has 0 aliphatic carbocycles. The second kappa shape index (κ2) is 5.92. The number of carbonyl (C=O) groups excluding carboxylic acids is 1. The maximum atomic E-state index is 11.7. The van der Waals surface area contributed by atoms with Crippen LogP contribution < -0.4 is 11.1 Å². The Labute approximate surface area is 90.9 Å². The molecule has 0 aromatic rings. The molecule has 0 bridgehead atoms. The van der Waals surface area contributed by atoms with E-state index in [0.29, 0.717) is 25.6 Å². The second-order valence-electron chi connectivity index (χ2n) is 4.23. The van der Waals surface area contributed by atoms with Crippen molar-refractivity contribution in [1.82, 2.24) is 10.2 Å². The molecule has 1 rings (SSSR count). The fourth-order valence-electron chi connectivity index (χ4n) is 1.56. The first-order chi connectivity index (χ1) is 7.13. The third kappa shape index (κ3) is 4.05. The van der Waals surface area contributed by atoms with Crippen molar-refractivity contribution in [3.63, 3.8) is 0 Å². The third-order valence-electron chi connectivity index (χ3n) is 2.59. The van der Waals surface area contributed by atoms with Gasteiger partial charge in [0, 0.05) is 20.2 Å². The molecular weight excluding hydrogens is 194 g/mol. The van der Waals surface area contributed by atoms with Crippen molar-refractivity contribution in [3.05, 3.63) is 0 Å². The van der Waals surface area contributed by atoms with E-state index in [1.165, 1.54) is 0 Å². The molecule has 88 valence electrons. The van der Waals surface area contributed by atoms with Crippen LogP contribution in [0.2, 0.25) is 0 Å². The Balaban J connectivity index is 2.25. The monoisotopic (exact) mass is 215 g/mol. The first-order valence-corrected chi connectivity index (χ1v) is 5.43. The second-order valence-corrected chi connectivity index (χ2v) is 4.23. The Morgan fingerprint density at radius 2 is 2.47 bits per heavy atom. The number of ether oxygens (including phenoxy) is 1. The van der Waals surface area contributed by atoms with E-state index in [1.807, 2.05) is 6.92 Å². The number of nitrogens with one attached hydrogen (secondary N) is 1. The van der Waals surface area contributed by atoms with Gasteiger partial charge in [-0.3, -0.25) is 0 Å². The summed E-state index contributed by atoms with van der Waals surface area (Å²) in [6.45, 7) is 4.70. The minimum atomic E-state index is -0.0363. The molecular formula is C10H21N3O2. The van der Waals surface area contributed by atoms with Gasteiger partial charge in [0.25, 0.3) is 0 Å². The van der Waals surface area contributed by atoms with Gasteiger partial charge in [-0.25, -0.2) is 4.79 Å². The highest BCUT2D eigenvalue weighted by molar-refractivity contribution is 5.74. The molecule has 2 unspecified atom stereocenters. The van der Waals surface area contributed by atoms with Gasteiger partial charge >= 0.3 is 6.03 Å². The summed E-state index contributed by atoms with van der Waals surface area (Å²) in [4.78, 5) is 13.3. The molecule has 2 amide bonds. The van der Waals surface area contributed by atoms with E-state index >= 15 is 0 Å². The Morgan fingerprint density at radius 1 is 1.73 bits per heavy atom. The van der Waals surface area contributed by atoms with Gasteiger partial charge in [-0.2, -0.15) is 0 Å². The van der Waals surface area contributed by atoms with Gasteiger partial charge in [-0.15, -0.1) is 0 Å². The fourth-order valence-corrected chi connectivity index (χ4v) is 1.56. The number of hydrogen-bond acceptors (Lipinski definition) is 3. The van der Waals surface area contributed by atoms with Crippen molar-refractivity contribution in [1.29, 1.82) is 0 Å². The lowest BCUT2D eigenvalue weighted by Gasteiger charge is -2.22. The van der Waals surface area contributed by atoms with Crippen LogP contribution in [0.4, 0.5) is 4.79 Å². The van der Waals surface area contributed by atoms with Gasteiger partial charge in [0.05, 0.1) is 12.6 Å². The van der Waals surface area contributed by atoms with Gasteiger partial charge in [0.15, 0.2) is 0 Å². The van der Waals surface area contributed by atoms with Crippen LogP contribution in [-0.4, -0.2) is 50.3 Å². The Kier molecular flexibility index (Phi) is 4.84. The maximum Gasteiger partial charge on any atom is 0.317 e. The molecule has 0 radical (unpaired) electrons. The highest BCUT2D eigenvalue weighted by Gasteiger charge is 2.20. The SMILES string of the molecule is CC(CN)CN(C)C(=O)NC1CCOC1. The highest BCUT2D eigenvalue weighted by Crippen LogP contribution is 2.04. The molecule has 0 saturated carbocycles. The quantitative estimate of drug-likeness (QED) is 0.694. The van der Waals surface area contributed by atoms with Crippen molar-refractivity contribution in [2.45, 2.75) is 19.4 Å². The number of nitrogens with two attached hydrogens (primary N) is 1. The molecule has 1 aliphatic rings. The summed E-state index contributed by atoms with van der Waals surface area (Å²) in [5, 5.41) is 2.93. The molecule has 0 spiro atoms. The number of nitrogens with zero attached hydrogens (tertiary/aromatic N) is 1. The van der Waals surface area contributed by atoms with E-state index in [9.17, 15) is 4.79 Å². The van der Waals surface area contributed by atoms with E-state index in [1.54, 1.807) is 11.9 Å². The largest absolute Gasteiger partial charge is 0.379 e. The number of urea groups is 1. The highest BCUT2D eigenvalue weighted by atomic mass is 16.5. The lowest BCUT2D eigenvalue weighted by atomic mass is 10.2. The van der Waals surface area contributed by atoms with Crippen LogP contribution >= 0.6 is 0 Å². The molecule has 2 atom stereocenters. The van der Waals surface area contributed by atoms with Crippen LogP contribution in [-0.2, 0) is 4.74 Å². The van der Waals surface area contributed by atoms with Crippen molar-refractivity contribution >= 4 is 6.03 Å². The smallest absolute Gasteiger partial charge is 0.317 e. The molecule has 5 heteroatoms. The standard InChI is InChI=1S/C10H21N3O2/c1-8(5-11)6-13(2)10(14)12-9-3-4-15-7-9/h8-9H,3-7,11H2,1-2H3,(H,12,14). The van der Waals surface area contributed by atoms with Gasteiger partial charge in [-0.1, -0.05) is 6.92 Å². The summed E-state index contributed by atoms with van der Waals surface area (Å²) >= 11 is 0. The average molecular weight is 215 g/mol. The summed E-state index contributed by atoms with van der Waals surface area (Å²) in [6.07, 6.45) is 0.909. The zero-order chi connectivity index (χ0) is 11.3. The minimum absolute atomic E-state index is 0.0363. The average Bonchev–Trinajstić information content (AvgIpc) is 2.70. The van der Waals surface area contributed by atoms with Crippen molar-refractivity contribution in [2.75, 3.05) is 33.4 Å². The number of amides is 2. The molecule has 1 aliphatic heterocycles. The molecule has 1 fully saturated rings. The zero-order valence-corrected chi connectivity index (χ0v) is 9.53. The zero-order valence-electron chi connectivity index (χ0n) is 9.53.